The van der Waals surface area contributed by atoms with Crippen LogP contribution in [0.15, 0.2) is 48.5 Å². The average molecular weight is 523 g/mol. The number of phenolic OH excluding ortho intramolecular Hbond substituents is 1. The molecular weight excluding hydrogens is 484 g/mol. The van der Waals surface area contributed by atoms with Crippen LogP contribution in [0.1, 0.15) is 55.3 Å². The SMILES string of the molecule is N#CC(CCCNC(=O)c1ccccc1O)C1CCC(CCN2CCN(c3cccc(Cl)c3)CC2)CC1. The zero-order valence-corrected chi connectivity index (χ0v) is 22.4. The highest BCUT2D eigenvalue weighted by Gasteiger charge is 2.28. The number of carbonyl (C=O) groups is 1. The van der Waals surface area contributed by atoms with Gasteiger partial charge in [0.05, 0.1) is 11.6 Å². The minimum Gasteiger partial charge on any atom is -0.507 e. The van der Waals surface area contributed by atoms with E-state index in [-0.39, 0.29) is 17.6 Å². The fraction of sp³-hybridized carbons (Fsp3) is 0.533. The number of halogens is 1. The Labute approximate surface area is 226 Å². The number of nitriles is 1. The van der Waals surface area contributed by atoms with Crippen molar-refractivity contribution in [3.05, 3.63) is 59.1 Å². The molecule has 1 heterocycles. The van der Waals surface area contributed by atoms with Gasteiger partial charge >= 0.3 is 0 Å². The molecule has 1 saturated carbocycles. The van der Waals surface area contributed by atoms with Gasteiger partial charge in [0.1, 0.15) is 5.75 Å². The number of aromatic hydroxyl groups is 1. The zero-order chi connectivity index (χ0) is 26.0. The molecule has 2 aromatic rings. The van der Waals surface area contributed by atoms with Gasteiger partial charge < -0.3 is 15.3 Å². The monoisotopic (exact) mass is 522 g/mol. The molecule has 1 aliphatic heterocycles. The summed E-state index contributed by atoms with van der Waals surface area (Å²) in [6.07, 6.45) is 7.54. The molecule has 1 amide bonds. The minimum atomic E-state index is -0.266. The van der Waals surface area contributed by atoms with Gasteiger partial charge in [-0.2, -0.15) is 5.26 Å². The lowest BCUT2D eigenvalue weighted by Gasteiger charge is -2.37. The van der Waals surface area contributed by atoms with Gasteiger partial charge in [0.15, 0.2) is 0 Å². The summed E-state index contributed by atoms with van der Waals surface area (Å²) >= 11 is 6.16. The molecule has 2 fully saturated rings. The number of carbonyl (C=O) groups excluding carboxylic acids is 1. The molecule has 1 unspecified atom stereocenters. The zero-order valence-electron chi connectivity index (χ0n) is 21.6. The molecule has 0 aromatic heterocycles. The number of hydrogen-bond acceptors (Lipinski definition) is 5. The van der Waals surface area contributed by atoms with Crippen molar-refractivity contribution in [2.45, 2.75) is 44.9 Å². The molecule has 0 bridgehead atoms. The van der Waals surface area contributed by atoms with Crippen LogP contribution in [0.4, 0.5) is 5.69 Å². The van der Waals surface area contributed by atoms with E-state index in [2.05, 4.69) is 33.3 Å². The third-order valence-electron chi connectivity index (χ3n) is 8.15. The quantitative estimate of drug-likeness (QED) is 0.390. The summed E-state index contributed by atoms with van der Waals surface area (Å²) in [4.78, 5) is 17.3. The number of phenols is 1. The van der Waals surface area contributed by atoms with E-state index in [0.717, 1.165) is 69.3 Å². The molecular formula is C30H39ClN4O2. The Morgan fingerprint density at radius 1 is 1.08 bits per heavy atom. The van der Waals surface area contributed by atoms with E-state index >= 15 is 0 Å². The second-order valence-electron chi connectivity index (χ2n) is 10.5. The third kappa shape index (κ3) is 7.87. The molecule has 0 radical (unpaired) electrons. The predicted molar refractivity (Wildman–Crippen MR) is 149 cm³/mol. The standard InChI is InChI=1S/C30H39ClN4O2/c31-26-6-3-7-27(21-26)35-19-17-34(18-20-35)16-14-23-10-12-24(13-11-23)25(22-32)5-4-15-33-30(37)28-8-1-2-9-29(28)36/h1-3,6-9,21,23-25,36H,4-5,10-20H2,(H,33,37). The van der Waals surface area contributed by atoms with Crippen molar-refractivity contribution in [2.75, 3.05) is 44.2 Å². The molecule has 198 valence electrons. The maximum Gasteiger partial charge on any atom is 0.255 e. The van der Waals surface area contributed by atoms with Crippen molar-refractivity contribution >= 4 is 23.2 Å². The Bertz CT molecular complexity index is 1060. The number of nitrogens with one attached hydrogen (secondary N) is 1. The lowest BCUT2D eigenvalue weighted by Crippen LogP contribution is -2.47. The predicted octanol–water partition coefficient (Wildman–Crippen LogP) is 5.71. The van der Waals surface area contributed by atoms with Gasteiger partial charge in [-0.15, -0.1) is 0 Å². The van der Waals surface area contributed by atoms with Crippen molar-refractivity contribution in [3.8, 4) is 11.8 Å². The first-order valence-corrected chi connectivity index (χ1v) is 14.1. The smallest absolute Gasteiger partial charge is 0.255 e. The van der Waals surface area contributed by atoms with Crippen LogP contribution in [0.2, 0.25) is 5.02 Å². The van der Waals surface area contributed by atoms with Crippen LogP contribution in [0.5, 0.6) is 5.75 Å². The molecule has 1 saturated heterocycles. The van der Waals surface area contributed by atoms with Crippen molar-refractivity contribution < 1.29 is 9.90 Å². The largest absolute Gasteiger partial charge is 0.507 e. The van der Waals surface area contributed by atoms with Crippen molar-refractivity contribution in [2.24, 2.45) is 17.8 Å². The van der Waals surface area contributed by atoms with E-state index in [1.165, 1.54) is 31.0 Å². The summed E-state index contributed by atoms with van der Waals surface area (Å²) in [6.45, 7) is 5.97. The van der Waals surface area contributed by atoms with Gasteiger partial charge in [0.2, 0.25) is 0 Å². The third-order valence-corrected chi connectivity index (χ3v) is 8.39. The highest BCUT2D eigenvalue weighted by molar-refractivity contribution is 6.30. The van der Waals surface area contributed by atoms with Crippen molar-refractivity contribution in [1.82, 2.24) is 10.2 Å². The second kappa shape index (κ2) is 13.7. The number of rotatable bonds is 10. The second-order valence-corrected chi connectivity index (χ2v) is 11.0. The summed E-state index contributed by atoms with van der Waals surface area (Å²) in [6, 6.07) is 17.2. The number of amides is 1. The van der Waals surface area contributed by atoms with E-state index in [0.29, 0.717) is 18.0 Å². The van der Waals surface area contributed by atoms with Crippen LogP contribution < -0.4 is 10.2 Å². The normalized spacial score (nSPS) is 21.2. The minimum absolute atomic E-state index is 0.00790. The fourth-order valence-corrected chi connectivity index (χ4v) is 6.02. The van der Waals surface area contributed by atoms with Gasteiger partial charge in [-0.25, -0.2) is 0 Å². The number of nitrogens with zero attached hydrogens (tertiary/aromatic N) is 3. The summed E-state index contributed by atoms with van der Waals surface area (Å²) in [5.41, 5.74) is 1.51. The van der Waals surface area contributed by atoms with Gasteiger partial charge in [0, 0.05) is 49.4 Å². The van der Waals surface area contributed by atoms with Crippen LogP contribution >= 0.6 is 11.6 Å². The summed E-state index contributed by atoms with van der Waals surface area (Å²) in [7, 11) is 0. The van der Waals surface area contributed by atoms with E-state index in [1.807, 2.05) is 12.1 Å². The van der Waals surface area contributed by atoms with Crippen LogP contribution in [0, 0.1) is 29.1 Å². The Kier molecular flexibility index (Phi) is 10.1. The molecule has 7 heteroatoms. The molecule has 1 atom stereocenters. The van der Waals surface area contributed by atoms with Gasteiger partial charge in [-0.05, 0) is 80.8 Å². The van der Waals surface area contributed by atoms with E-state index in [9.17, 15) is 15.2 Å². The Balaban J connectivity index is 1.10. The van der Waals surface area contributed by atoms with Gasteiger partial charge in [-0.3, -0.25) is 9.69 Å². The van der Waals surface area contributed by atoms with Crippen LogP contribution in [0.3, 0.4) is 0 Å². The molecule has 2 aliphatic rings. The van der Waals surface area contributed by atoms with Crippen LogP contribution in [-0.2, 0) is 0 Å². The summed E-state index contributed by atoms with van der Waals surface area (Å²) in [5.74, 6) is 1.02. The molecule has 2 N–H and O–H groups in total. The molecule has 4 rings (SSSR count). The lowest BCUT2D eigenvalue weighted by molar-refractivity contribution is 0.0949. The highest BCUT2D eigenvalue weighted by Crippen LogP contribution is 2.36. The molecule has 2 aromatic carbocycles. The number of benzene rings is 2. The fourth-order valence-electron chi connectivity index (χ4n) is 5.84. The van der Waals surface area contributed by atoms with E-state index in [1.54, 1.807) is 18.2 Å². The lowest BCUT2D eigenvalue weighted by atomic mass is 9.74. The number of para-hydroxylation sites is 1. The molecule has 37 heavy (non-hydrogen) atoms. The van der Waals surface area contributed by atoms with Crippen LogP contribution in [-0.4, -0.2) is 55.2 Å². The Morgan fingerprint density at radius 2 is 1.84 bits per heavy atom. The molecule has 1 aliphatic carbocycles. The molecule has 6 nitrogen and oxygen atoms in total. The topological polar surface area (TPSA) is 79.6 Å². The van der Waals surface area contributed by atoms with E-state index in [4.69, 9.17) is 11.6 Å². The summed E-state index contributed by atoms with van der Waals surface area (Å²) in [5, 5.41) is 23.3. The Hall–Kier alpha value is -2.75. The van der Waals surface area contributed by atoms with Gasteiger partial charge in [0.25, 0.3) is 5.91 Å². The van der Waals surface area contributed by atoms with Crippen LogP contribution in [0.25, 0.3) is 0 Å². The number of hydrogen-bond donors (Lipinski definition) is 2. The van der Waals surface area contributed by atoms with E-state index < -0.39 is 0 Å². The first-order chi connectivity index (χ1) is 18.0. The first kappa shape index (κ1) is 27.3. The van der Waals surface area contributed by atoms with Crippen molar-refractivity contribution in [3.63, 3.8) is 0 Å². The Morgan fingerprint density at radius 3 is 2.54 bits per heavy atom. The maximum atomic E-state index is 12.2. The first-order valence-electron chi connectivity index (χ1n) is 13.7. The highest BCUT2D eigenvalue weighted by atomic mass is 35.5. The number of anilines is 1. The molecule has 0 spiro atoms. The maximum absolute atomic E-state index is 12.2. The van der Waals surface area contributed by atoms with Gasteiger partial charge in [-0.1, -0.05) is 42.6 Å². The average Bonchev–Trinajstić information content (AvgIpc) is 2.93. The number of piperazine rings is 1. The summed E-state index contributed by atoms with van der Waals surface area (Å²) < 4.78 is 0. The van der Waals surface area contributed by atoms with Crippen molar-refractivity contribution in [1.29, 1.82) is 5.26 Å².